The van der Waals surface area contributed by atoms with E-state index in [1.54, 1.807) is 0 Å². The quantitative estimate of drug-likeness (QED) is 0.898. The van der Waals surface area contributed by atoms with E-state index in [1.807, 2.05) is 18.2 Å². The number of carbonyl (C=O) groups excluding carboxylic acids is 1. The Labute approximate surface area is 124 Å². The molecule has 0 radical (unpaired) electrons. The molecule has 1 fully saturated rings. The van der Waals surface area contributed by atoms with E-state index in [-0.39, 0.29) is 25.1 Å². The van der Waals surface area contributed by atoms with E-state index in [4.69, 9.17) is 9.47 Å². The summed E-state index contributed by atoms with van der Waals surface area (Å²) in [5, 5.41) is 6.23. The van der Waals surface area contributed by atoms with Gasteiger partial charge in [0.25, 0.3) is 0 Å². The summed E-state index contributed by atoms with van der Waals surface area (Å²) >= 11 is 0. The van der Waals surface area contributed by atoms with E-state index in [1.165, 1.54) is 0 Å². The Balaban J connectivity index is 0.00000147. The smallest absolute Gasteiger partial charge is 0.231 e. The Morgan fingerprint density at radius 1 is 1.25 bits per heavy atom. The van der Waals surface area contributed by atoms with Crippen LogP contribution in [0.15, 0.2) is 18.2 Å². The zero-order valence-electron chi connectivity index (χ0n) is 11.2. The lowest BCUT2D eigenvalue weighted by atomic mass is 9.94. The average molecular weight is 299 g/mol. The summed E-state index contributed by atoms with van der Waals surface area (Å²) in [6.07, 6.45) is 2.75. The molecule has 1 aromatic rings. The van der Waals surface area contributed by atoms with Gasteiger partial charge in [-0.15, -0.1) is 12.4 Å². The summed E-state index contributed by atoms with van der Waals surface area (Å²) < 4.78 is 10.5. The number of nitrogens with one attached hydrogen (secondary N) is 2. The number of piperidine rings is 1. The minimum Gasteiger partial charge on any atom is -0.454 e. The van der Waals surface area contributed by atoms with Gasteiger partial charge in [-0.25, -0.2) is 0 Å². The molecule has 1 aromatic carbocycles. The Kier molecular flexibility index (Phi) is 5.09. The number of amides is 1. The molecule has 0 spiro atoms. The van der Waals surface area contributed by atoms with Gasteiger partial charge in [-0.05, 0) is 44.0 Å². The number of hydrogen-bond donors (Lipinski definition) is 2. The second-order valence-electron chi connectivity index (χ2n) is 5.01. The maximum absolute atomic E-state index is 12.0. The fourth-order valence-electron chi connectivity index (χ4n) is 2.53. The summed E-state index contributed by atoms with van der Waals surface area (Å²) in [6, 6.07) is 5.47. The lowest BCUT2D eigenvalue weighted by Gasteiger charge is -2.21. The molecule has 1 amide bonds. The maximum atomic E-state index is 12.0. The Hall–Kier alpha value is -1.46. The van der Waals surface area contributed by atoms with Crippen molar-refractivity contribution in [1.29, 1.82) is 0 Å². The third-order valence-electron chi connectivity index (χ3n) is 3.59. The molecule has 0 bridgehead atoms. The normalized spacial score (nSPS) is 17.4. The summed E-state index contributed by atoms with van der Waals surface area (Å²) in [5.74, 6) is 2.00. The van der Waals surface area contributed by atoms with Gasteiger partial charge in [0.05, 0.1) is 0 Å². The first kappa shape index (κ1) is 14.9. The van der Waals surface area contributed by atoms with Crippen molar-refractivity contribution in [1.82, 2.24) is 5.32 Å². The van der Waals surface area contributed by atoms with E-state index < -0.39 is 0 Å². The molecule has 0 atom stereocenters. The zero-order valence-corrected chi connectivity index (χ0v) is 12.0. The highest BCUT2D eigenvalue weighted by molar-refractivity contribution is 5.91. The summed E-state index contributed by atoms with van der Waals surface area (Å²) in [7, 11) is 0. The van der Waals surface area contributed by atoms with Gasteiger partial charge in [-0.3, -0.25) is 4.79 Å². The van der Waals surface area contributed by atoms with E-state index >= 15 is 0 Å². The van der Waals surface area contributed by atoms with Gasteiger partial charge in [0.1, 0.15) is 0 Å². The molecular weight excluding hydrogens is 280 g/mol. The fraction of sp³-hybridized carbons (Fsp3) is 0.500. The molecule has 6 heteroatoms. The van der Waals surface area contributed by atoms with Crippen molar-refractivity contribution in [2.45, 2.75) is 19.3 Å². The van der Waals surface area contributed by atoms with Crippen LogP contribution in [0.25, 0.3) is 0 Å². The third kappa shape index (κ3) is 3.55. The Morgan fingerprint density at radius 3 is 2.80 bits per heavy atom. The van der Waals surface area contributed by atoms with E-state index in [0.29, 0.717) is 18.1 Å². The van der Waals surface area contributed by atoms with E-state index in [9.17, 15) is 4.79 Å². The number of fused-ring (bicyclic) bond motifs is 1. The molecule has 0 aromatic heterocycles. The van der Waals surface area contributed by atoms with Crippen LogP contribution in [0.4, 0.5) is 5.69 Å². The van der Waals surface area contributed by atoms with Crippen LogP contribution in [0.3, 0.4) is 0 Å². The highest BCUT2D eigenvalue weighted by Crippen LogP contribution is 2.34. The van der Waals surface area contributed by atoms with Crippen molar-refractivity contribution < 1.29 is 14.3 Å². The van der Waals surface area contributed by atoms with Crippen LogP contribution in [0.1, 0.15) is 19.3 Å². The van der Waals surface area contributed by atoms with Crippen LogP contribution in [0, 0.1) is 5.92 Å². The van der Waals surface area contributed by atoms with Crippen LogP contribution in [-0.4, -0.2) is 25.8 Å². The van der Waals surface area contributed by atoms with E-state index in [2.05, 4.69) is 10.6 Å². The molecule has 110 valence electrons. The van der Waals surface area contributed by atoms with Gasteiger partial charge in [-0.1, -0.05) is 0 Å². The second kappa shape index (κ2) is 6.81. The third-order valence-corrected chi connectivity index (χ3v) is 3.59. The molecule has 0 saturated carbocycles. The van der Waals surface area contributed by atoms with E-state index in [0.717, 1.165) is 37.4 Å². The Bertz CT molecular complexity index is 475. The lowest BCUT2D eigenvalue weighted by molar-refractivity contribution is -0.117. The van der Waals surface area contributed by atoms with Crippen LogP contribution in [-0.2, 0) is 4.79 Å². The van der Waals surface area contributed by atoms with Crippen LogP contribution in [0.2, 0.25) is 0 Å². The number of halogens is 1. The zero-order chi connectivity index (χ0) is 13.1. The molecule has 2 aliphatic heterocycles. The number of ether oxygens (including phenoxy) is 2. The van der Waals surface area contributed by atoms with Crippen molar-refractivity contribution in [3.63, 3.8) is 0 Å². The van der Waals surface area contributed by atoms with Gasteiger partial charge in [0, 0.05) is 18.2 Å². The van der Waals surface area contributed by atoms with Gasteiger partial charge < -0.3 is 20.1 Å². The number of carbonyl (C=O) groups is 1. The monoisotopic (exact) mass is 298 g/mol. The van der Waals surface area contributed by atoms with Crippen molar-refractivity contribution >= 4 is 24.0 Å². The first-order valence-corrected chi connectivity index (χ1v) is 6.71. The van der Waals surface area contributed by atoms with Gasteiger partial charge >= 0.3 is 0 Å². The molecular formula is C14H19ClN2O3. The second-order valence-corrected chi connectivity index (χ2v) is 5.01. The standard InChI is InChI=1S/C14H18N2O3.ClH/c17-14(7-10-3-5-15-6-4-10)16-11-1-2-12-13(8-11)19-9-18-12;/h1-2,8,10,15H,3-7,9H2,(H,16,17);1H. The molecule has 5 nitrogen and oxygen atoms in total. The molecule has 0 aliphatic carbocycles. The molecule has 2 N–H and O–H groups in total. The number of rotatable bonds is 3. The molecule has 0 unspecified atom stereocenters. The lowest BCUT2D eigenvalue weighted by Crippen LogP contribution is -2.30. The topological polar surface area (TPSA) is 59.6 Å². The fourth-order valence-corrected chi connectivity index (χ4v) is 2.53. The minimum atomic E-state index is 0. The number of hydrogen-bond acceptors (Lipinski definition) is 4. The molecule has 1 saturated heterocycles. The van der Waals surface area contributed by atoms with Crippen molar-refractivity contribution in [3.8, 4) is 11.5 Å². The van der Waals surface area contributed by atoms with Crippen LogP contribution < -0.4 is 20.1 Å². The van der Waals surface area contributed by atoms with Crippen molar-refractivity contribution in [3.05, 3.63) is 18.2 Å². The predicted molar refractivity (Wildman–Crippen MR) is 78.7 cm³/mol. The highest BCUT2D eigenvalue weighted by Gasteiger charge is 2.18. The van der Waals surface area contributed by atoms with Gasteiger partial charge in [0.2, 0.25) is 12.7 Å². The molecule has 20 heavy (non-hydrogen) atoms. The predicted octanol–water partition coefficient (Wildman–Crippen LogP) is 2.17. The molecule has 3 rings (SSSR count). The minimum absolute atomic E-state index is 0. The maximum Gasteiger partial charge on any atom is 0.231 e. The first-order chi connectivity index (χ1) is 9.31. The number of anilines is 1. The highest BCUT2D eigenvalue weighted by atomic mass is 35.5. The van der Waals surface area contributed by atoms with Gasteiger partial charge in [0.15, 0.2) is 11.5 Å². The molecule has 2 heterocycles. The Morgan fingerprint density at radius 2 is 2.00 bits per heavy atom. The largest absolute Gasteiger partial charge is 0.454 e. The summed E-state index contributed by atoms with van der Waals surface area (Å²) in [4.78, 5) is 12.0. The number of benzene rings is 1. The van der Waals surface area contributed by atoms with Crippen LogP contribution in [0.5, 0.6) is 11.5 Å². The average Bonchev–Trinajstić information content (AvgIpc) is 2.87. The SMILES string of the molecule is Cl.O=C(CC1CCNCC1)Nc1ccc2c(c1)OCO2. The van der Waals surface area contributed by atoms with Crippen molar-refractivity contribution in [2.75, 3.05) is 25.2 Å². The summed E-state index contributed by atoms with van der Waals surface area (Å²) in [6.45, 7) is 2.28. The van der Waals surface area contributed by atoms with Crippen molar-refractivity contribution in [2.24, 2.45) is 5.92 Å². The van der Waals surface area contributed by atoms with Crippen LogP contribution >= 0.6 is 12.4 Å². The summed E-state index contributed by atoms with van der Waals surface area (Å²) in [5.41, 5.74) is 0.767. The molecule has 2 aliphatic rings. The first-order valence-electron chi connectivity index (χ1n) is 6.71. The van der Waals surface area contributed by atoms with Gasteiger partial charge in [-0.2, -0.15) is 0 Å².